The second-order valence-electron chi connectivity index (χ2n) is 0. The van der Waals surface area contributed by atoms with Crippen LogP contribution in [0.15, 0.2) is 0 Å². The van der Waals surface area contributed by atoms with Crippen LogP contribution in [0.4, 0.5) is 9.41 Å². The molecule has 4 heavy (non-hydrogen) atoms. The van der Waals surface area contributed by atoms with Gasteiger partial charge in [0.05, 0.1) is 0 Å². The summed E-state index contributed by atoms with van der Waals surface area (Å²) in [6, 6.07) is 0. The third-order valence-electron chi connectivity index (χ3n) is 0. The summed E-state index contributed by atoms with van der Waals surface area (Å²) in [5.74, 6) is 0. The maximum atomic E-state index is 0. The smallest absolute Gasteiger partial charge is 0 e. The van der Waals surface area contributed by atoms with E-state index in [0.29, 0.717) is 0 Å². The monoisotopic (exact) mass is 226 g/mol. The van der Waals surface area contributed by atoms with Crippen LogP contribution >= 0.6 is 0 Å². The fourth-order valence-corrected chi connectivity index (χ4v) is 0. The topological polar surface area (TPSA) is 0 Å². The standard InChI is InChI=1S/2FH.Sn.Zn.2H/h2*1H;;;;. The van der Waals surface area contributed by atoms with Crippen molar-refractivity contribution >= 4 is 23.9 Å². The van der Waals surface area contributed by atoms with E-state index >= 15 is 0 Å². The molecule has 0 aliphatic carbocycles. The van der Waals surface area contributed by atoms with Crippen LogP contribution in [0.3, 0.4) is 0 Å². The largest absolute Gasteiger partial charge is 0 e. The minimum Gasteiger partial charge on any atom is 0 e. The third kappa shape index (κ3) is 10.4. The van der Waals surface area contributed by atoms with Crippen molar-refractivity contribution in [3.8, 4) is 0 Å². The van der Waals surface area contributed by atoms with E-state index in [-0.39, 0.29) is 52.8 Å². The molecule has 0 rings (SSSR count). The van der Waals surface area contributed by atoms with Gasteiger partial charge in [0.2, 0.25) is 0 Å². The first kappa shape index (κ1) is 58.9. The molecule has 0 spiro atoms. The molecule has 0 unspecified atom stereocenters. The zero-order chi connectivity index (χ0) is 0. The molecule has 0 aromatic carbocycles. The van der Waals surface area contributed by atoms with Gasteiger partial charge in [-0.05, 0) is 0 Å². The van der Waals surface area contributed by atoms with Crippen molar-refractivity contribution in [2.75, 3.05) is 0 Å². The molecule has 0 saturated heterocycles. The van der Waals surface area contributed by atoms with Crippen molar-refractivity contribution in [2.24, 2.45) is 0 Å². The number of hydrogen-bond acceptors (Lipinski definition) is 0. The molecule has 0 bridgehead atoms. The average Bonchev–Trinajstić information content (AvgIpc) is 0. The van der Waals surface area contributed by atoms with E-state index in [1.165, 1.54) is 0 Å². The van der Waals surface area contributed by atoms with Gasteiger partial charge in [-0.2, -0.15) is 0 Å². The Bertz CT molecular complexity index is 6.00. The Morgan fingerprint density at radius 2 is 0.750 bits per heavy atom. The number of rotatable bonds is 0. The molecule has 0 heterocycles. The van der Waals surface area contributed by atoms with E-state index in [4.69, 9.17) is 0 Å². The van der Waals surface area contributed by atoms with Crippen molar-refractivity contribution in [1.29, 1.82) is 0 Å². The Labute approximate surface area is 52.8 Å². The van der Waals surface area contributed by atoms with Crippen molar-refractivity contribution in [3.63, 3.8) is 0 Å². The van der Waals surface area contributed by atoms with Crippen LogP contribution in [0.5, 0.6) is 0 Å². The summed E-state index contributed by atoms with van der Waals surface area (Å²) in [5.41, 5.74) is 0. The predicted molar refractivity (Wildman–Crippen MR) is 13.5 cm³/mol. The van der Waals surface area contributed by atoms with Gasteiger partial charge in [-0.25, -0.2) is 0 Å². The van der Waals surface area contributed by atoms with Gasteiger partial charge in [-0.3, -0.25) is 9.41 Å². The van der Waals surface area contributed by atoms with Gasteiger partial charge >= 0.3 is 23.9 Å². The normalized spacial score (nSPS) is 0. The van der Waals surface area contributed by atoms with Gasteiger partial charge in [-0.1, -0.05) is 0 Å². The van der Waals surface area contributed by atoms with E-state index in [1.54, 1.807) is 0 Å². The van der Waals surface area contributed by atoms with E-state index in [0.717, 1.165) is 0 Å². The van der Waals surface area contributed by atoms with Crippen molar-refractivity contribution in [3.05, 3.63) is 0 Å². The molecule has 0 saturated carbocycles. The van der Waals surface area contributed by atoms with Gasteiger partial charge in [0.25, 0.3) is 0 Å². The van der Waals surface area contributed by atoms with Crippen LogP contribution in [0, 0.1) is 0 Å². The van der Waals surface area contributed by atoms with Crippen LogP contribution in [0.1, 0.15) is 0 Å². The van der Waals surface area contributed by atoms with Gasteiger partial charge in [0.1, 0.15) is 0 Å². The first-order valence-corrected chi connectivity index (χ1v) is 0. The van der Waals surface area contributed by atoms with Crippen molar-refractivity contribution in [1.82, 2.24) is 0 Å². The Morgan fingerprint density at radius 1 is 0.750 bits per heavy atom. The van der Waals surface area contributed by atoms with Crippen molar-refractivity contribution in [2.45, 2.75) is 0 Å². The molecule has 24 valence electrons. The van der Waals surface area contributed by atoms with Crippen LogP contribution < -0.4 is 0 Å². The summed E-state index contributed by atoms with van der Waals surface area (Å²) in [5, 5.41) is 0. The minimum absolute atomic E-state index is 0. The van der Waals surface area contributed by atoms with Gasteiger partial charge < -0.3 is 0 Å². The summed E-state index contributed by atoms with van der Waals surface area (Å²) in [7, 11) is 0. The Kier molecular flexibility index (Phi) is 413. The molecule has 2 radical (unpaired) electrons. The quantitative estimate of drug-likeness (QED) is 0.483. The van der Waals surface area contributed by atoms with Crippen LogP contribution in [-0.2, 0) is 19.5 Å². The molecule has 0 aromatic heterocycles. The summed E-state index contributed by atoms with van der Waals surface area (Å²) < 4.78 is 0. The molecule has 4 heteroatoms. The van der Waals surface area contributed by atoms with Crippen LogP contribution in [0.2, 0.25) is 0 Å². The molecular weight excluding hydrogens is 222 g/mol. The Balaban J connectivity index is 0. The Morgan fingerprint density at radius 3 is 0.750 bits per heavy atom. The van der Waals surface area contributed by atoms with Crippen molar-refractivity contribution < 1.29 is 28.9 Å². The maximum Gasteiger partial charge on any atom is 0 e. The minimum atomic E-state index is 0. The fourth-order valence-electron chi connectivity index (χ4n) is 0. The van der Waals surface area contributed by atoms with Crippen LogP contribution in [-0.4, -0.2) is 23.9 Å². The van der Waals surface area contributed by atoms with Gasteiger partial charge in [-0.15, -0.1) is 0 Å². The molecule has 0 N–H and O–H groups in total. The van der Waals surface area contributed by atoms with Gasteiger partial charge in [0.15, 0.2) is 0 Å². The first-order chi connectivity index (χ1) is 0. The molecule has 0 aliphatic rings. The zero-order valence-corrected chi connectivity index (χ0v) is 9.23. The van der Waals surface area contributed by atoms with E-state index in [1.807, 2.05) is 0 Å². The number of hydrogen-bond donors (Lipinski definition) is 0. The molecule has 0 aliphatic heterocycles. The maximum absolute atomic E-state index is 0. The third-order valence-corrected chi connectivity index (χ3v) is 0. The molecule has 0 aromatic rings. The van der Waals surface area contributed by atoms with Gasteiger partial charge in [0, 0.05) is 19.5 Å². The second-order valence-corrected chi connectivity index (χ2v) is 0. The molecule has 0 amide bonds. The summed E-state index contributed by atoms with van der Waals surface area (Å²) in [6.45, 7) is 0. The summed E-state index contributed by atoms with van der Waals surface area (Å²) in [4.78, 5) is 0. The zero-order valence-electron chi connectivity index (χ0n) is 2.23. The first-order valence-electron chi connectivity index (χ1n) is 0. The predicted octanol–water partition coefficient (Wildman–Crippen LogP) is -0.614. The molecule has 0 atom stereocenters. The molecule has 0 fully saturated rings. The van der Waals surface area contributed by atoms with E-state index < -0.39 is 0 Å². The fraction of sp³-hybridized carbons (Fsp3) is 0. The van der Waals surface area contributed by atoms with E-state index in [2.05, 4.69) is 0 Å². The number of halogens is 2. The second kappa shape index (κ2) is 28.1. The van der Waals surface area contributed by atoms with E-state index in [9.17, 15) is 0 Å². The SMILES string of the molecule is F.F.[SnH2].[Zn]. The summed E-state index contributed by atoms with van der Waals surface area (Å²) >= 11 is 0. The molecule has 0 nitrogen and oxygen atoms in total. The summed E-state index contributed by atoms with van der Waals surface area (Å²) in [6.07, 6.45) is 0. The average molecular weight is 226 g/mol. The Hall–Kier alpha value is 1.28. The van der Waals surface area contributed by atoms with Crippen LogP contribution in [0.25, 0.3) is 0 Å². The molecular formula is H4F2SnZn.